The summed E-state index contributed by atoms with van der Waals surface area (Å²) in [7, 11) is 14.9. The van der Waals surface area contributed by atoms with E-state index in [2.05, 4.69) is 0 Å². The van der Waals surface area contributed by atoms with Gasteiger partial charge in [-0.2, -0.15) is 0 Å². The van der Waals surface area contributed by atoms with E-state index in [1.807, 2.05) is 0 Å². The van der Waals surface area contributed by atoms with Crippen LogP contribution in [0.1, 0.15) is 0 Å². The Bertz CT molecular complexity index is 11.6. The van der Waals surface area contributed by atoms with Crippen molar-refractivity contribution >= 4 is 38.9 Å². The Labute approximate surface area is 53.3 Å². The van der Waals surface area contributed by atoms with E-state index < -0.39 is 14.7 Å². The standard InChI is InChI=1S/3ClH.H4Si.Ti/h3*1H;1H4;/q;;;;+3/p-3. The molecule has 0 saturated carbocycles. The van der Waals surface area contributed by atoms with Crippen molar-refractivity contribution in [3.63, 3.8) is 0 Å². The minimum absolute atomic E-state index is 0. The fourth-order valence-corrected chi connectivity index (χ4v) is 0. The molecule has 0 unspecified atom stereocenters. The second-order valence-corrected chi connectivity index (χ2v) is 7.95. The van der Waals surface area contributed by atoms with Crippen LogP contribution in [0.2, 0.25) is 0 Å². The molecule has 0 aliphatic rings. The van der Waals surface area contributed by atoms with Crippen LogP contribution in [-0.2, 0) is 14.7 Å². The molecule has 0 nitrogen and oxygen atoms in total. The Kier molecular flexibility index (Phi) is 11.5. The van der Waals surface area contributed by atoms with Gasteiger partial charge in [-0.25, -0.2) is 0 Å². The fourth-order valence-electron chi connectivity index (χ4n) is 0. The Hall–Kier alpha value is 1.80. The minimum Gasteiger partial charge on any atom is -0.0149 e. The van der Waals surface area contributed by atoms with Crippen molar-refractivity contribution in [3.8, 4) is 0 Å². The monoisotopic (exact) mass is 185 g/mol. The molecular weight excluding hydrogens is 182 g/mol. The van der Waals surface area contributed by atoms with Gasteiger partial charge in [-0.3, -0.25) is 0 Å². The molecular formula is H4Cl3SiTi. The molecule has 0 aromatic carbocycles. The SMILES string of the molecule is [Cl][Ti]([Cl])[Cl].[SiH4]. The molecule has 0 aliphatic carbocycles. The van der Waals surface area contributed by atoms with Crippen LogP contribution in [0.3, 0.4) is 0 Å². The number of hydrogen-bond donors (Lipinski definition) is 0. The summed E-state index contributed by atoms with van der Waals surface area (Å²) in [6.45, 7) is 0. The minimum atomic E-state index is -1.92. The van der Waals surface area contributed by atoms with Crippen LogP contribution in [0.25, 0.3) is 0 Å². The maximum atomic E-state index is 4.97. The molecule has 5 heavy (non-hydrogen) atoms. The smallest absolute Gasteiger partial charge is 0.0149 e. The second kappa shape index (κ2) is 5.80. The summed E-state index contributed by atoms with van der Waals surface area (Å²) >= 11 is -1.92. The largest absolute Gasteiger partial charge is 0.0149 e. The first kappa shape index (κ1) is 9.93. The van der Waals surface area contributed by atoms with Crippen LogP contribution in [0.5, 0.6) is 0 Å². The zero-order valence-electron chi connectivity index (χ0n) is 1.63. The third-order valence-corrected chi connectivity index (χ3v) is 0. The van der Waals surface area contributed by atoms with E-state index in [0.29, 0.717) is 0 Å². The summed E-state index contributed by atoms with van der Waals surface area (Å²) < 4.78 is 0. The zero-order chi connectivity index (χ0) is 3.58. The van der Waals surface area contributed by atoms with Crippen molar-refractivity contribution in [1.29, 1.82) is 0 Å². The van der Waals surface area contributed by atoms with Gasteiger partial charge in [0.1, 0.15) is 0 Å². The quantitative estimate of drug-likeness (QED) is 0.486. The molecule has 0 fully saturated rings. The summed E-state index contributed by atoms with van der Waals surface area (Å²) in [4.78, 5) is 0. The van der Waals surface area contributed by atoms with Gasteiger partial charge >= 0.3 is 42.6 Å². The predicted octanol–water partition coefficient (Wildman–Crippen LogP) is 0.614. The van der Waals surface area contributed by atoms with Gasteiger partial charge in [0, 0.05) is 0 Å². The molecule has 0 aromatic rings. The van der Waals surface area contributed by atoms with Crippen molar-refractivity contribution in [2.75, 3.05) is 0 Å². The van der Waals surface area contributed by atoms with Gasteiger partial charge in [0.25, 0.3) is 0 Å². The molecule has 0 atom stereocenters. The molecule has 0 aromatic heterocycles. The van der Waals surface area contributed by atoms with E-state index in [4.69, 9.17) is 27.9 Å². The average Bonchev–Trinajstić information content (AvgIpc) is 0.811. The van der Waals surface area contributed by atoms with Crippen LogP contribution >= 0.6 is 27.9 Å². The Balaban J connectivity index is 0. The maximum absolute atomic E-state index is 4.97. The Morgan fingerprint density at radius 2 is 1.00 bits per heavy atom. The molecule has 0 saturated heterocycles. The van der Waals surface area contributed by atoms with E-state index in [1.165, 1.54) is 0 Å². The van der Waals surface area contributed by atoms with Gasteiger partial charge < -0.3 is 0 Å². The molecule has 33 valence electrons. The van der Waals surface area contributed by atoms with Crippen molar-refractivity contribution in [3.05, 3.63) is 0 Å². The van der Waals surface area contributed by atoms with Crippen molar-refractivity contribution in [2.24, 2.45) is 0 Å². The molecule has 0 bridgehead atoms. The van der Waals surface area contributed by atoms with Crippen LogP contribution in [0, 0.1) is 0 Å². The molecule has 0 aliphatic heterocycles. The van der Waals surface area contributed by atoms with Crippen molar-refractivity contribution < 1.29 is 14.7 Å². The summed E-state index contributed by atoms with van der Waals surface area (Å²) in [5.41, 5.74) is 0. The average molecular weight is 186 g/mol. The predicted molar refractivity (Wildman–Crippen MR) is 28.9 cm³/mol. The van der Waals surface area contributed by atoms with Gasteiger partial charge in [0.05, 0.1) is 0 Å². The molecule has 0 heterocycles. The molecule has 0 N–H and O–H groups in total. The van der Waals surface area contributed by atoms with E-state index in [9.17, 15) is 0 Å². The molecule has 0 radical (unpaired) electrons. The van der Waals surface area contributed by atoms with E-state index >= 15 is 0 Å². The summed E-state index contributed by atoms with van der Waals surface area (Å²) in [6.07, 6.45) is 0. The number of halogens is 3. The first-order valence-electron chi connectivity index (χ1n) is 0.567. The van der Waals surface area contributed by atoms with Gasteiger partial charge in [0.15, 0.2) is 0 Å². The first-order chi connectivity index (χ1) is 1.73. The molecule has 0 rings (SSSR count). The first-order valence-corrected chi connectivity index (χ1v) is 7.01. The fraction of sp³-hybridized carbons (Fsp3) is 0. The summed E-state index contributed by atoms with van der Waals surface area (Å²) in [5.74, 6) is 0. The maximum Gasteiger partial charge on any atom is -0.0149 e. The third kappa shape index (κ3) is 25.8. The van der Waals surface area contributed by atoms with E-state index in [0.717, 1.165) is 0 Å². The second-order valence-electron chi connectivity index (χ2n) is 0.214. The topological polar surface area (TPSA) is 0 Å². The summed E-state index contributed by atoms with van der Waals surface area (Å²) in [6, 6.07) is 0. The van der Waals surface area contributed by atoms with Crippen molar-refractivity contribution in [2.45, 2.75) is 0 Å². The van der Waals surface area contributed by atoms with Gasteiger partial charge in [-0.1, -0.05) is 0 Å². The number of hydrogen-bond acceptors (Lipinski definition) is 0. The van der Waals surface area contributed by atoms with Crippen LogP contribution in [0.4, 0.5) is 0 Å². The third-order valence-electron chi connectivity index (χ3n) is 0. The molecule has 5 heteroatoms. The zero-order valence-corrected chi connectivity index (χ0v) is 5.46. The number of rotatable bonds is 0. The van der Waals surface area contributed by atoms with Crippen LogP contribution in [0.15, 0.2) is 0 Å². The summed E-state index contributed by atoms with van der Waals surface area (Å²) in [5, 5.41) is 0. The molecule has 0 spiro atoms. The van der Waals surface area contributed by atoms with E-state index in [-0.39, 0.29) is 11.0 Å². The Morgan fingerprint density at radius 3 is 1.00 bits per heavy atom. The normalized spacial score (nSPS) is 5.40. The van der Waals surface area contributed by atoms with Gasteiger partial charge in [0.2, 0.25) is 0 Å². The molecule has 0 amide bonds. The van der Waals surface area contributed by atoms with Crippen LogP contribution < -0.4 is 0 Å². The van der Waals surface area contributed by atoms with Gasteiger partial charge in [-0.05, 0) is 11.0 Å². The van der Waals surface area contributed by atoms with Gasteiger partial charge in [-0.15, -0.1) is 0 Å². The van der Waals surface area contributed by atoms with Crippen LogP contribution in [-0.4, -0.2) is 11.0 Å². The Morgan fingerprint density at radius 1 is 1.00 bits per heavy atom. The van der Waals surface area contributed by atoms with E-state index in [1.54, 1.807) is 0 Å². The van der Waals surface area contributed by atoms with Crippen molar-refractivity contribution in [1.82, 2.24) is 0 Å².